The van der Waals surface area contributed by atoms with E-state index in [1.54, 1.807) is 24.3 Å². The maximum absolute atomic E-state index is 12.9. The van der Waals surface area contributed by atoms with Crippen LogP contribution in [0.4, 0.5) is 4.79 Å². The van der Waals surface area contributed by atoms with E-state index in [2.05, 4.69) is 5.32 Å². The molecule has 0 unspecified atom stereocenters. The standard InChI is InChI=1S/C26H29ClN2O4/c1-25(2,3)33-24(32)28-16-26(17-7-6-8-18(27)15-17)13-11-19(12-14-26)29-22(30)20-9-4-5-10-21(20)23(29)31/h4-10,15,19H,11-14,16H2,1-3H3,(H,28,32)/t19-,26-. The maximum atomic E-state index is 12.9. The van der Waals surface area contributed by atoms with Gasteiger partial charge in [0.05, 0.1) is 11.1 Å². The molecule has 1 aliphatic heterocycles. The van der Waals surface area contributed by atoms with Gasteiger partial charge < -0.3 is 10.1 Å². The fourth-order valence-electron chi connectivity index (χ4n) is 4.89. The maximum Gasteiger partial charge on any atom is 0.407 e. The quantitative estimate of drug-likeness (QED) is 0.614. The minimum Gasteiger partial charge on any atom is -0.444 e. The molecule has 1 N–H and O–H groups in total. The van der Waals surface area contributed by atoms with Gasteiger partial charge in [0.25, 0.3) is 11.8 Å². The van der Waals surface area contributed by atoms with E-state index in [0.717, 1.165) is 5.56 Å². The van der Waals surface area contributed by atoms with Crippen LogP contribution in [0.25, 0.3) is 0 Å². The predicted molar refractivity (Wildman–Crippen MR) is 127 cm³/mol. The average molecular weight is 469 g/mol. The zero-order chi connectivity index (χ0) is 23.8. The second kappa shape index (κ2) is 8.82. The molecule has 1 heterocycles. The Hall–Kier alpha value is -2.86. The number of amides is 3. The summed E-state index contributed by atoms with van der Waals surface area (Å²) in [5.74, 6) is -0.439. The number of fused-ring (bicyclic) bond motifs is 1. The van der Waals surface area contributed by atoms with E-state index in [4.69, 9.17) is 16.3 Å². The number of carbonyl (C=O) groups is 3. The Balaban J connectivity index is 1.53. The first-order chi connectivity index (χ1) is 15.6. The van der Waals surface area contributed by atoms with Gasteiger partial charge in [0, 0.05) is 23.0 Å². The Kier molecular flexibility index (Phi) is 6.23. The van der Waals surface area contributed by atoms with Gasteiger partial charge in [-0.25, -0.2) is 4.79 Å². The molecular weight excluding hydrogens is 440 g/mol. The number of ether oxygens (including phenoxy) is 1. The molecule has 0 bridgehead atoms. The van der Waals surface area contributed by atoms with Crippen LogP contribution in [0.3, 0.4) is 0 Å². The Labute approximate surface area is 199 Å². The summed E-state index contributed by atoms with van der Waals surface area (Å²) in [6, 6.07) is 14.5. The smallest absolute Gasteiger partial charge is 0.407 e. The van der Waals surface area contributed by atoms with E-state index < -0.39 is 11.7 Å². The third kappa shape index (κ3) is 4.76. The van der Waals surface area contributed by atoms with Gasteiger partial charge in [-0.15, -0.1) is 0 Å². The van der Waals surface area contributed by atoms with Gasteiger partial charge in [-0.1, -0.05) is 35.9 Å². The second-order valence-corrected chi connectivity index (χ2v) is 10.3. The lowest BCUT2D eigenvalue weighted by atomic mass is 9.68. The molecule has 2 aromatic rings. The Morgan fingerprint density at radius 3 is 2.21 bits per heavy atom. The minimum atomic E-state index is -0.587. The lowest BCUT2D eigenvalue weighted by molar-refractivity contribution is 0.0480. The minimum absolute atomic E-state index is 0.175. The van der Waals surface area contributed by atoms with Crippen molar-refractivity contribution in [1.29, 1.82) is 0 Å². The largest absolute Gasteiger partial charge is 0.444 e. The predicted octanol–water partition coefficient (Wildman–Crippen LogP) is 5.34. The molecule has 4 rings (SSSR count). The van der Waals surface area contributed by atoms with Crippen LogP contribution in [0.2, 0.25) is 5.02 Å². The van der Waals surface area contributed by atoms with Gasteiger partial charge in [0.1, 0.15) is 5.60 Å². The van der Waals surface area contributed by atoms with E-state index in [1.165, 1.54) is 4.90 Å². The summed E-state index contributed by atoms with van der Waals surface area (Å²) in [5.41, 5.74) is 1.03. The van der Waals surface area contributed by atoms with Crippen LogP contribution in [0.15, 0.2) is 48.5 Å². The Morgan fingerprint density at radius 1 is 1.06 bits per heavy atom. The van der Waals surface area contributed by atoms with Gasteiger partial charge in [0.15, 0.2) is 0 Å². The van der Waals surface area contributed by atoms with Crippen LogP contribution >= 0.6 is 11.6 Å². The number of carbonyl (C=O) groups excluding carboxylic acids is 3. The van der Waals surface area contributed by atoms with Crippen LogP contribution in [0.5, 0.6) is 0 Å². The van der Waals surface area contributed by atoms with Crippen molar-refractivity contribution in [2.45, 2.75) is 63.5 Å². The van der Waals surface area contributed by atoms with Gasteiger partial charge in [-0.2, -0.15) is 0 Å². The summed E-state index contributed by atoms with van der Waals surface area (Å²) in [5, 5.41) is 3.56. The van der Waals surface area contributed by atoms with E-state index in [1.807, 2.05) is 45.0 Å². The fourth-order valence-corrected chi connectivity index (χ4v) is 5.08. The highest BCUT2D eigenvalue weighted by molar-refractivity contribution is 6.30. The van der Waals surface area contributed by atoms with Crippen LogP contribution in [-0.2, 0) is 10.2 Å². The fraction of sp³-hybridized carbons (Fsp3) is 0.423. The number of nitrogens with one attached hydrogen (secondary N) is 1. The lowest BCUT2D eigenvalue weighted by Gasteiger charge is -2.42. The van der Waals surface area contributed by atoms with Gasteiger partial charge in [-0.05, 0) is 76.3 Å². The first-order valence-corrected chi connectivity index (χ1v) is 11.7. The van der Waals surface area contributed by atoms with Crippen molar-refractivity contribution in [3.05, 3.63) is 70.2 Å². The number of benzene rings is 2. The van der Waals surface area contributed by atoms with E-state index in [0.29, 0.717) is 48.4 Å². The van der Waals surface area contributed by atoms with Crippen molar-refractivity contribution >= 4 is 29.5 Å². The van der Waals surface area contributed by atoms with Gasteiger partial charge >= 0.3 is 6.09 Å². The van der Waals surface area contributed by atoms with Crippen molar-refractivity contribution in [1.82, 2.24) is 10.2 Å². The molecule has 3 amide bonds. The van der Waals surface area contributed by atoms with Crippen molar-refractivity contribution in [2.75, 3.05) is 6.54 Å². The first kappa shape index (κ1) is 23.3. The van der Waals surface area contributed by atoms with Crippen molar-refractivity contribution in [2.24, 2.45) is 0 Å². The van der Waals surface area contributed by atoms with E-state index in [-0.39, 0.29) is 23.3 Å². The molecule has 0 atom stereocenters. The van der Waals surface area contributed by atoms with Gasteiger partial charge in [-0.3, -0.25) is 14.5 Å². The molecule has 6 nitrogen and oxygen atoms in total. The number of rotatable bonds is 4. The van der Waals surface area contributed by atoms with Crippen molar-refractivity contribution < 1.29 is 19.1 Å². The number of nitrogens with zero attached hydrogens (tertiary/aromatic N) is 1. The number of imide groups is 1. The first-order valence-electron chi connectivity index (χ1n) is 11.3. The molecule has 7 heteroatoms. The molecule has 2 aromatic carbocycles. The summed E-state index contributed by atoms with van der Waals surface area (Å²) >= 11 is 6.29. The monoisotopic (exact) mass is 468 g/mol. The highest BCUT2D eigenvalue weighted by atomic mass is 35.5. The van der Waals surface area contributed by atoms with E-state index in [9.17, 15) is 14.4 Å². The molecule has 0 radical (unpaired) electrons. The SMILES string of the molecule is CC(C)(C)OC(=O)NC[C@]1(c2cccc(Cl)c2)CC[C@H](N2C(=O)c3ccccc3C2=O)CC1. The Bertz CT molecular complexity index is 1050. The molecule has 0 spiro atoms. The van der Waals surface area contributed by atoms with Crippen LogP contribution < -0.4 is 5.32 Å². The highest BCUT2D eigenvalue weighted by Crippen LogP contribution is 2.42. The molecule has 174 valence electrons. The topological polar surface area (TPSA) is 75.7 Å². The van der Waals surface area contributed by atoms with Gasteiger partial charge in [0.2, 0.25) is 0 Å². The third-order valence-electron chi connectivity index (χ3n) is 6.51. The average Bonchev–Trinajstić information content (AvgIpc) is 3.02. The summed E-state index contributed by atoms with van der Waals surface area (Å²) in [6.45, 7) is 5.86. The zero-order valence-corrected chi connectivity index (χ0v) is 19.9. The number of alkyl carbamates (subject to hydrolysis) is 1. The Morgan fingerprint density at radius 2 is 1.67 bits per heavy atom. The molecular formula is C26H29ClN2O4. The number of hydrogen-bond donors (Lipinski definition) is 1. The van der Waals surface area contributed by atoms with Crippen molar-refractivity contribution in [3.63, 3.8) is 0 Å². The zero-order valence-electron chi connectivity index (χ0n) is 19.2. The normalized spacial score (nSPS) is 22.8. The summed E-state index contributed by atoms with van der Waals surface area (Å²) in [4.78, 5) is 39.7. The third-order valence-corrected chi connectivity index (χ3v) is 6.74. The molecule has 1 saturated carbocycles. The van der Waals surface area contributed by atoms with Crippen molar-refractivity contribution in [3.8, 4) is 0 Å². The highest BCUT2D eigenvalue weighted by Gasteiger charge is 2.45. The van der Waals surface area contributed by atoms with Crippen LogP contribution in [-0.4, -0.2) is 41.0 Å². The lowest BCUT2D eigenvalue weighted by Crippen LogP contribution is -2.49. The molecule has 0 aromatic heterocycles. The summed E-state index contributed by atoms with van der Waals surface area (Å²) < 4.78 is 5.43. The molecule has 33 heavy (non-hydrogen) atoms. The molecule has 1 aliphatic carbocycles. The number of hydrogen-bond acceptors (Lipinski definition) is 4. The second-order valence-electron chi connectivity index (χ2n) is 9.90. The molecule has 1 fully saturated rings. The summed E-state index contributed by atoms with van der Waals surface area (Å²) in [7, 11) is 0. The van der Waals surface area contributed by atoms with Crippen LogP contribution in [0, 0.1) is 0 Å². The van der Waals surface area contributed by atoms with E-state index >= 15 is 0 Å². The molecule has 0 saturated heterocycles. The molecule has 2 aliphatic rings. The van der Waals surface area contributed by atoms with Crippen LogP contribution in [0.1, 0.15) is 72.7 Å². The number of halogens is 1. The summed E-state index contributed by atoms with van der Waals surface area (Å²) in [6.07, 6.45) is 2.22.